The largest absolute Gasteiger partial charge is 0.486 e. The summed E-state index contributed by atoms with van der Waals surface area (Å²) in [6.07, 6.45) is 0.216. The first-order valence-corrected chi connectivity index (χ1v) is 5.65. The first-order valence-electron chi connectivity index (χ1n) is 4.85. The number of carbonyl (C=O) groups excluding carboxylic acids is 1. The van der Waals surface area contributed by atoms with Crippen LogP contribution >= 0.6 is 15.9 Å². The van der Waals surface area contributed by atoms with Crippen LogP contribution < -0.4 is 9.47 Å². The molecule has 0 saturated heterocycles. The van der Waals surface area contributed by atoms with Crippen LogP contribution in [0.5, 0.6) is 11.5 Å². The second kappa shape index (κ2) is 4.74. The standard InChI is InChI=1S/C11H11BrO4/c1-14-11(13)5-7-4-9-10(6-8(7)12)16-3-2-15-9/h4,6H,2-3,5H2,1H3. The molecule has 0 bridgehead atoms. The van der Waals surface area contributed by atoms with E-state index in [1.807, 2.05) is 6.07 Å². The molecule has 1 aliphatic rings. The number of halogens is 1. The van der Waals surface area contributed by atoms with Gasteiger partial charge in [0, 0.05) is 4.47 Å². The average molecular weight is 287 g/mol. The fraction of sp³-hybridized carbons (Fsp3) is 0.364. The monoisotopic (exact) mass is 286 g/mol. The normalized spacial score (nSPS) is 13.4. The molecule has 0 aliphatic carbocycles. The van der Waals surface area contributed by atoms with E-state index in [0.717, 1.165) is 10.0 Å². The lowest BCUT2D eigenvalue weighted by Gasteiger charge is -2.19. The van der Waals surface area contributed by atoms with Gasteiger partial charge in [-0.25, -0.2) is 0 Å². The molecule has 86 valence electrons. The van der Waals surface area contributed by atoms with Crippen LogP contribution in [0.4, 0.5) is 0 Å². The third-order valence-corrected chi connectivity index (χ3v) is 3.01. The topological polar surface area (TPSA) is 44.8 Å². The number of methoxy groups -OCH3 is 1. The summed E-state index contributed by atoms with van der Waals surface area (Å²) in [6, 6.07) is 3.61. The third kappa shape index (κ3) is 2.29. The zero-order valence-electron chi connectivity index (χ0n) is 8.79. The van der Waals surface area contributed by atoms with Gasteiger partial charge in [-0.05, 0) is 17.7 Å². The highest BCUT2D eigenvalue weighted by Gasteiger charge is 2.16. The number of fused-ring (bicyclic) bond motifs is 1. The van der Waals surface area contributed by atoms with Crippen LogP contribution in [-0.2, 0) is 16.0 Å². The summed E-state index contributed by atoms with van der Waals surface area (Å²) >= 11 is 3.39. The summed E-state index contributed by atoms with van der Waals surface area (Å²) in [5.41, 5.74) is 0.830. The van der Waals surface area contributed by atoms with E-state index in [4.69, 9.17) is 9.47 Å². The summed E-state index contributed by atoms with van der Waals surface area (Å²) in [5.74, 6) is 1.09. The number of esters is 1. The van der Waals surface area contributed by atoms with Gasteiger partial charge in [-0.3, -0.25) is 4.79 Å². The van der Waals surface area contributed by atoms with E-state index in [1.165, 1.54) is 7.11 Å². The molecule has 0 unspecified atom stereocenters. The SMILES string of the molecule is COC(=O)Cc1cc2c(cc1Br)OCCO2. The van der Waals surface area contributed by atoms with Gasteiger partial charge in [0.25, 0.3) is 0 Å². The Balaban J connectivity index is 2.28. The van der Waals surface area contributed by atoms with Crippen LogP contribution in [0.1, 0.15) is 5.56 Å². The molecule has 1 heterocycles. The predicted octanol–water partition coefficient (Wildman–Crippen LogP) is 1.94. The Morgan fingerprint density at radius 2 is 2.00 bits per heavy atom. The lowest BCUT2D eigenvalue weighted by molar-refractivity contribution is -0.139. The van der Waals surface area contributed by atoms with Gasteiger partial charge in [-0.1, -0.05) is 15.9 Å². The molecule has 1 aliphatic heterocycles. The third-order valence-electron chi connectivity index (χ3n) is 2.27. The van der Waals surface area contributed by atoms with Crippen LogP contribution in [0.3, 0.4) is 0 Å². The van der Waals surface area contributed by atoms with Crippen molar-refractivity contribution in [1.82, 2.24) is 0 Å². The van der Waals surface area contributed by atoms with Crippen LogP contribution in [0.25, 0.3) is 0 Å². The number of hydrogen-bond donors (Lipinski definition) is 0. The van der Waals surface area contributed by atoms with Crippen molar-refractivity contribution in [3.8, 4) is 11.5 Å². The van der Waals surface area contributed by atoms with Crippen molar-refractivity contribution in [2.75, 3.05) is 20.3 Å². The maximum atomic E-state index is 11.2. The molecule has 0 aromatic heterocycles. The lowest BCUT2D eigenvalue weighted by Crippen LogP contribution is -2.16. The molecular formula is C11H11BrO4. The molecule has 2 rings (SSSR count). The second-order valence-electron chi connectivity index (χ2n) is 3.34. The first-order chi connectivity index (χ1) is 7.70. The van der Waals surface area contributed by atoms with Crippen molar-refractivity contribution in [3.05, 3.63) is 22.2 Å². The first kappa shape index (κ1) is 11.3. The summed E-state index contributed by atoms with van der Waals surface area (Å²) < 4.78 is 16.3. The summed E-state index contributed by atoms with van der Waals surface area (Å²) in [6.45, 7) is 1.09. The van der Waals surface area contributed by atoms with Gasteiger partial charge in [0.1, 0.15) is 13.2 Å². The molecule has 0 amide bonds. The zero-order valence-corrected chi connectivity index (χ0v) is 10.4. The van der Waals surface area contributed by atoms with Gasteiger partial charge in [0.15, 0.2) is 11.5 Å². The van der Waals surface area contributed by atoms with Gasteiger partial charge >= 0.3 is 5.97 Å². The molecular weight excluding hydrogens is 276 g/mol. The Bertz CT molecular complexity index is 417. The highest BCUT2D eigenvalue weighted by atomic mass is 79.9. The second-order valence-corrected chi connectivity index (χ2v) is 4.19. The Hall–Kier alpha value is -1.23. The van der Waals surface area contributed by atoms with E-state index >= 15 is 0 Å². The van der Waals surface area contributed by atoms with Crippen LogP contribution in [0, 0.1) is 0 Å². The molecule has 0 atom stereocenters. The fourth-order valence-electron chi connectivity index (χ4n) is 1.47. The summed E-state index contributed by atoms with van der Waals surface area (Å²) in [4.78, 5) is 11.2. The zero-order chi connectivity index (χ0) is 11.5. The van der Waals surface area contributed by atoms with E-state index in [-0.39, 0.29) is 12.4 Å². The highest BCUT2D eigenvalue weighted by molar-refractivity contribution is 9.10. The molecule has 0 radical (unpaired) electrons. The minimum atomic E-state index is -0.280. The molecule has 5 heteroatoms. The fourth-order valence-corrected chi connectivity index (χ4v) is 1.93. The van der Waals surface area contributed by atoms with Gasteiger partial charge < -0.3 is 14.2 Å². The highest BCUT2D eigenvalue weighted by Crippen LogP contribution is 2.35. The summed E-state index contributed by atoms with van der Waals surface area (Å²) in [5, 5.41) is 0. The smallest absolute Gasteiger partial charge is 0.310 e. The molecule has 1 aromatic rings. The van der Waals surface area contributed by atoms with E-state index < -0.39 is 0 Å². The van der Waals surface area contributed by atoms with Crippen molar-refractivity contribution < 1.29 is 19.0 Å². The number of rotatable bonds is 2. The molecule has 1 aromatic carbocycles. The van der Waals surface area contributed by atoms with Crippen molar-refractivity contribution >= 4 is 21.9 Å². The number of benzene rings is 1. The molecule has 0 fully saturated rings. The Morgan fingerprint density at radius 1 is 1.38 bits per heavy atom. The number of ether oxygens (including phenoxy) is 3. The summed E-state index contributed by atoms with van der Waals surface area (Å²) in [7, 11) is 1.37. The molecule has 0 spiro atoms. The van der Waals surface area contributed by atoms with E-state index in [9.17, 15) is 4.79 Å². The van der Waals surface area contributed by atoms with Crippen LogP contribution in [0.15, 0.2) is 16.6 Å². The predicted molar refractivity (Wildman–Crippen MR) is 60.9 cm³/mol. The Morgan fingerprint density at radius 3 is 2.62 bits per heavy atom. The van der Waals surface area contributed by atoms with Crippen molar-refractivity contribution in [2.45, 2.75) is 6.42 Å². The average Bonchev–Trinajstić information content (AvgIpc) is 2.30. The van der Waals surface area contributed by atoms with E-state index in [2.05, 4.69) is 20.7 Å². The van der Waals surface area contributed by atoms with Crippen LogP contribution in [-0.4, -0.2) is 26.3 Å². The Labute approximate surface area is 102 Å². The number of hydrogen-bond acceptors (Lipinski definition) is 4. The number of carbonyl (C=O) groups is 1. The maximum Gasteiger partial charge on any atom is 0.310 e. The van der Waals surface area contributed by atoms with Crippen molar-refractivity contribution in [3.63, 3.8) is 0 Å². The van der Waals surface area contributed by atoms with E-state index in [1.54, 1.807) is 6.07 Å². The van der Waals surface area contributed by atoms with Crippen LogP contribution in [0.2, 0.25) is 0 Å². The molecule has 0 saturated carbocycles. The van der Waals surface area contributed by atoms with Gasteiger partial charge in [0.05, 0.1) is 13.5 Å². The Kier molecular flexibility index (Phi) is 3.33. The van der Waals surface area contributed by atoms with E-state index in [0.29, 0.717) is 24.7 Å². The van der Waals surface area contributed by atoms with Gasteiger partial charge in [-0.2, -0.15) is 0 Å². The maximum absolute atomic E-state index is 11.2. The van der Waals surface area contributed by atoms with Crippen molar-refractivity contribution in [2.24, 2.45) is 0 Å². The van der Waals surface area contributed by atoms with Gasteiger partial charge in [-0.15, -0.1) is 0 Å². The molecule has 0 N–H and O–H groups in total. The lowest BCUT2D eigenvalue weighted by atomic mass is 10.1. The quantitative estimate of drug-likeness (QED) is 0.780. The molecule has 4 nitrogen and oxygen atoms in total. The van der Waals surface area contributed by atoms with Crippen molar-refractivity contribution in [1.29, 1.82) is 0 Å². The van der Waals surface area contributed by atoms with Gasteiger partial charge in [0.2, 0.25) is 0 Å². The minimum absolute atomic E-state index is 0.216. The minimum Gasteiger partial charge on any atom is -0.486 e. The molecule has 16 heavy (non-hydrogen) atoms.